The van der Waals surface area contributed by atoms with Crippen molar-refractivity contribution in [3.8, 4) is 0 Å². The van der Waals surface area contributed by atoms with Gasteiger partial charge in [0.05, 0.1) is 11.4 Å². The molecule has 0 aliphatic rings. The molecule has 24 heavy (non-hydrogen) atoms. The van der Waals surface area contributed by atoms with Crippen molar-refractivity contribution in [3.05, 3.63) is 72.3 Å². The van der Waals surface area contributed by atoms with E-state index >= 15 is 0 Å². The van der Waals surface area contributed by atoms with E-state index in [2.05, 4.69) is 54.7 Å². The summed E-state index contributed by atoms with van der Waals surface area (Å²) in [5.74, 6) is 0. The highest BCUT2D eigenvalue weighted by atomic mass is 14.8. The summed E-state index contributed by atoms with van der Waals surface area (Å²) in [7, 11) is 1.85. The van der Waals surface area contributed by atoms with Crippen LogP contribution >= 0.6 is 0 Å². The number of hydrogen-bond acceptors (Lipinski definition) is 2. The highest BCUT2D eigenvalue weighted by Crippen LogP contribution is 2.15. The van der Waals surface area contributed by atoms with Gasteiger partial charge in [0, 0.05) is 7.05 Å². The van der Waals surface area contributed by atoms with Crippen molar-refractivity contribution in [1.29, 1.82) is 0 Å². The Balaban J connectivity index is 0.000000371. The first kappa shape index (κ1) is 21.5. The van der Waals surface area contributed by atoms with Crippen LogP contribution in [-0.4, -0.2) is 7.05 Å². The molecule has 0 fully saturated rings. The molecule has 130 valence electrons. The molecule has 0 aliphatic heterocycles. The topological polar surface area (TPSA) is 38.0 Å². The monoisotopic (exact) mass is 324 g/mol. The van der Waals surface area contributed by atoms with Gasteiger partial charge in [-0.2, -0.15) is 0 Å². The Kier molecular flexibility index (Phi) is 11.7. The highest BCUT2D eigenvalue weighted by Gasteiger charge is 1.90. The van der Waals surface area contributed by atoms with Crippen molar-refractivity contribution in [2.75, 3.05) is 18.1 Å². The number of fused-ring (bicyclic) bond motifs is 1. The van der Waals surface area contributed by atoms with Crippen LogP contribution in [0, 0.1) is 6.92 Å². The average molecular weight is 325 g/mol. The smallest absolute Gasteiger partial charge is 0.0571 e. The second-order valence-corrected chi connectivity index (χ2v) is 4.69. The minimum absolute atomic E-state index is 0.792. The second-order valence-electron chi connectivity index (χ2n) is 4.69. The van der Waals surface area contributed by atoms with E-state index in [9.17, 15) is 0 Å². The number of nitrogens with two attached hydrogens (primary N) is 1. The quantitative estimate of drug-likeness (QED) is 0.501. The summed E-state index contributed by atoms with van der Waals surface area (Å²) in [5.41, 5.74) is 8.67. The van der Waals surface area contributed by atoms with E-state index in [1.165, 1.54) is 16.3 Å². The van der Waals surface area contributed by atoms with E-state index in [0.717, 1.165) is 11.4 Å². The van der Waals surface area contributed by atoms with Gasteiger partial charge in [0.1, 0.15) is 0 Å². The minimum atomic E-state index is 0.792. The largest absolute Gasteiger partial charge is 0.397 e. The molecule has 0 radical (unpaired) electrons. The van der Waals surface area contributed by atoms with Crippen LogP contribution in [0.15, 0.2) is 66.7 Å². The number of hydrogen-bond donors (Lipinski definition) is 2. The van der Waals surface area contributed by atoms with Gasteiger partial charge in [-0.1, -0.05) is 87.9 Å². The molecule has 2 heteroatoms. The van der Waals surface area contributed by atoms with Crippen molar-refractivity contribution in [3.63, 3.8) is 0 Å². The van der Waals surface area contributed by atoms with Crippen LogP contribution < -0.4 is 11.1 Å². The summed E-state index contributed by atoms with van der Waals surface area (Å²) in [6, 6.07) is 22.6. The Bertz CT molecular complexity index is 690. The molecule has 3 aromatic rings. The SMILES string of the molecule is CC.CC.CNc1ccccc1N.Cc1ccc2ccccc2c1. The van der Waals surface area contributed by atoms with E-state index in [1.807, 2.05) is 59.0 Å². The number of anilines is 2. The molecular weight excluding hydrogens is 292 g/mol. The molecule has 3 N–H and O–H groups in total. The molecule has 2 nitrogen and oxygen atoms in total. The fourth-order valence-corrected chi connectivity index (χ4v) is 2.03. The lowest BCUT2D eigenvalue weighted by molar-refractivity contribution is 1.50. The molecule has 0 saturated heterocycles. The van der Waals surface area contributed by atoms with Crippen molar-refractivity contribution >= 4 is 22.1 Å². The standard InChI is InChI=1S/C11H10.C7H10N2.2C2H6/c1-9-6-7-10-4-2-3-5-11(10)8-9;1-9-7-5-3-2-4-6(7)8;2*1-2/h2-8H,1H3;2-5,9H,8H2,1H3;2*1-2H3. The molecule has 0 heterocycles. The van der Waals surface area contributed by atoms with E-state index in [1.54, 1.807) is 0 Å². The number of para-hydroxylation sites is 2. The van der Waals surface area contributed by atoms with Gasteiger partial charge < -0.3 is 11.1 Å². The lowest BCUT2D eigenvalue weighted by atomic mass is 10.1. The van der Waals surface area contributed by atoms with Gasteiger partial charge in [-0.15, -0.1) is 0 Å². The van der Waals surface area contributed by atoms with Crippen LogP contribution in [0.1, 0.15) is 33.3 Å². The zero-order valence-corrected chi connectivity index (χ0v) is 15.9. The summed E-state index contributed by atoms with van der Waals surface area (Å²) >= 11 is 0. The molecule has 3 rings (SSSR count). The zero-order valence-electron chi connectivity index (χ0n) is 15.9. The van der Waals surface area contributed by atoms with Crippen LogP contribution in [0.5, 0.6) is 0 Å². The minimum Gasteiger partial charge on any atom is -0.397 e. The predicted molar refractivity (Wildman–Crippen MR) is 112 cm³/mol. The van der Waals surface area contributed by atoms with Crippen molar-refractivity contribution in [1.82, 2.24) is 0 Å². The van der Waals surface area contributed by atoms with Crippen LogP contribution in [-0.2, 0) is 0 Å². The fraction of sp³-hybridized carbons (Fsp3) is 0.273. The van der Waals surface area contributed by atoms with Gasteiger partial charge in [-0.3, -0.25) is 0 Å². The summed E-state index contributed by atoms with van der Waals surface area (Å²) in [5, 5.41) is 5.61. The van der Waals surface area contributed by atoms with Crippen LogP contribution in [0.2, 0.25) is 0 Å². The van der Waals surface area contributed by atoms with Crippen molar-refractivity contribution < 1.29 is 0 Å². The Hall–Kier alpha value is -2.48. The normalized spacial score (nSPS) is 8.58. The van der Waals surface area contributed by atoms with E-state index < -0.39 is 0 Å². The van der Waals surface area contributed by atoms with Crippen LogP contribution in [0.3, 0.4) is 0 Å². The molecule has 0 bridgehead atoms. The first-order chi connectivity index (χ1) is 11.7. The van der Waals surface area contributed by atoms with Crippen molar-refractivity contribution in [2.45, 2.75) is 34.6 Å². The van der Waals surface area contributed by atoms with E-state index in [4.69, 9.17) is 5.73 Å². The van der Waals surface area contributed by atoms with Crippen LogP contribution in [0.25, 0.3) is 10.8 Å². The maximum absolute atomic E-state index is 5.57. The number of benzene rings is 3. The van der Waals surface area contributed by atoms with Crippen LogP contribution in [0.4, 0.5) is 11.4 Å². The molecular formula is C22H32N2. The second kappa shape index (κ2) is 13.0. The first-order valence-electron chi connectivity index (χ1n) is 8.68. The van der Waals surface area contributed by atoms with Gasteiger partial charge in [0.25, 0.3) is 0 Å². The summed E-state index contributed by atoms with van der Waals surface area (Å²) < 4.78 is 0. The van der Waals surface area contributed by atoms with Gasteiger partial charge in [-0.05, 0) is 29.8 Å². The molecule has 0 aromatic heterocycles. The molecule has 3 aromatic carbocycles. The fourth-order valence-electron chi connectivity index (χ4n) is 2.03. The summed E-state index contributed by atoms with van der Waals surface area (Å²) in [6.07, 6.45) is 0. The Morgan fingerprint density at radius 1 is 0.708 bits per heavy atom. The molecule has 0 aliphatic carbocycles. The average Bonchev–Trinajstić information content (AvgIpc) is 2.66. The lowest BCUT2D eigenvalue weighted by Crippen LogP contribution is -1.93. The molecule has 0 atom stereocenters. The third-order valence-corrected chi connectivity index (χ3v) is 3.14. The number of nitrogens with one attached hydrogen (secondary N) is 1. The third kappa shape index (κ3) is 7.19. The number of rotatable bonds is 1. The Labute approximate surface area is 147 Å². The maximum Gasteiger partial charge on any atom is 0.0571 e. The van der Waals surface area contributed by atoms with E-state index in [-0.39, 0.29) is 0 Å². The summed E-state index contributed by atoms with van der Waals surface area (Å²) in [6.45, 7) is 10.1. The van der Waals surface area contributed by atoms with Gasteiger partial charge in [-0.25, -0.2) is 0 Å². The Morgan fingerprint density at radius 3 is 1.79 bits per heavy atom. The molecule has 0 saturated carbocycles. The third-order valence-electron chi connectivity index (χ3n) is 3.14. The highest BCUT2D eigenvalue weighted by molar-refractivity contribution is 5.82. The molecule has 0 spiro atoms. The van der Waals surface area contributed by atoms with Crippen molar-refractivity contribution in [2.24, 2.45) is 0 Å². The number of nitrogen functional groups attached to an aromatic ring is 1. The van der Waals surface area contributed by atoms with Gasteiger partial charge >= 0.3 is 0 Å². The molecule has 0 amide bonds. The lowest BCUT2D eigenvalue weighted by Gasteiger charge is -2.01. The van der Waals surface area contributed by atoms with Gasteiger partial charge in [0.2, 0.25) is 0 Å². The predicted octanol–water partition coefficient (Wildman–Crippen LogP) is 6.51. The Morgan fingerprint density at radius 2 is 1.25 bits per heavy atom. The van der Waals surface area contributed by atoms with Gasteiger partial charge in [0.15, 0.2) is 0 Å². The van der Waals surface area contributed by atoms with E-state index in [0.29, 0.717) is 0 Å². The molecule has 0 unspecified atom stereocenters. The first-order valence-corrected chi connectivity index (χ1v) is 8.68. The number of aryl methyl sites for hydroxylation is 1. The summed E-state index contributed by atoms with van der Waals surface area (Å²) in [4.78, 5) is 0. The zero-order chi connectivity index (χ0) is 18.4. The maximum atomic E-state index is 5.57.